The first-order valence-electron chi connectivity index (χ1n) is 4.26. The third kappa shape index (κ3) is 2.91. The summed E-state index contributed by atoms with van der Waals surface area (Å²) in [6.45, 7) is 12.0. The molecule has 0 rings (SSSR count). The molecule has 0 heterocycles. The topological polar surface area (TPSA) is 0 Å². The molecule has 0 aromatic rings. The maximum atomic E-state index is 3.76. The van der Waals surface area contributed by atoms with E-state index in [-0.39, 0.29) is 0 Å². The van der Waals surface area contributed by atoms with Crippen LogP contribution < -0.4 is 0 Å². The van der Waals surface area contributed by atoms with Crippen molar-refractivity contribution >= 4 is 0 Å². The van der Waals surface area contributed by atoms with E-state index in [0.717, 1.165) is 0 Å². The van der Waals surface area contributed by atoms with Crippen molar-refractivity contribution in [2.75, 3.05) is 0 Å². The van der Waals surface area contributed by atoms with Crippen molar-refractivity contribution in [3.05, 3.63) is 47.6 Å². The van der Waals surface area contributed by atoms with E-state index in [2.05, 4.69) is 45.6 Å². The summed E-state index contributed by atoms with van der Waals surface area (Å²) in [6, 6.07) is 0. The fourth-order valence-corrected chi connectivity index (χ4v) is 1.01. The van der Waals surface area contributed by atoms with E-state index in [0.29, 0.717) is 0 Å². The minimum absolute atomic E-state index is 1.23. The lowest BCUT2D eigenvalue weighted by atomic mass is 10.0. The van der Waals surface area contributed by atoms with Crippen LogP contribution in [0, 0.1) is 0 Å². The third-order valence-electron chi connectivity index (χ3n) is 1.92. The van der Waals surface area contributed by atoms with Gasteiger partial charge in [-0.15, -0.1) is 0 Å². The Balaban J connectivity index is 5.04. The Bertz CT molecular complexity index is 237. The summed E-state index contributed by atoms with van der Waals surface area (Å²) in [5, 5.41) is 0. The Hall–Kier alpha value is -1.04. The van der Waals surface area contributed by atoms with Crippen LogP contribution in [0.2, 0.25) is 0 Å². The average Bonchev–Trinajstić information content (AvgIpc) is 2.11. The van der Waals surface area contributed by atoms with E-state index in [1.807, 2.05) is 13.0 Å². The zero-order valence-electron chi connectivity index (χ0n) is 8.52. The first kappa shape index (κ1) is 11.0. The molecule has 0 aliphatic carbocycles. The highest BCUT2D eigenvalue weighted by atomic mass is 14.0. The highest BCUT2D eigenvalue weighted by Gasteiger charge is 1.96. The van der Waals surface area contributed by atoms with Crippen LogP contribution >= 0.6 is 0 Å². The molecule has 12 heavy (non-hydrogen) atoms. The molecule has 0 heteroatoms. The molecule has 0 saturated carbocycles. The van der Waals surface area contributed by atoms with Crippen LogP contribution in [0.5, 0.6) is 0 Å². The van der Waals surface area contributed by atoms with Crippen molar-refractivity contribution in [2.45, 2.75) is 27.7 Å². The Morgan fingerprint density at radius 3 is 2.08 bits per heavy atom. The molecule has 66 valence electrons. The Labute approximate surface area is 76.0 Å². The van der Waals surface area contributed by atoms with Crippen molar-refractivity contribution in [3.8, 4) is 0 Å². The summed E-state index contributed by atoms with van der Waals surface area (Å²) >= 11 is 0. The van der Waals surface area contributed by atoms with Crippen LogP contribution in [0.4, 0.5) is 0 Å². The van der Waals surface area contributed by atoms with Crippen LogP contribution in [0.15, 0.2) is 47.6 Å². The Morgan fingerprint density at radius 1 is 1.17 bits per heavy atom. The predicted octanol–water partition coefficient (Wildman–Crippen LogP) is 4.03. The summed E-state index contributed by atoms with van der Waals surface area (Å²) < 4.78 is 0. The van der Waals surface area contributed by atoms with Gasteiger partial charge in [0.2, 0.25) is 0 Å². The number of hydrogen-bond donors (Lipinski definition) is 0. The second-order valence-corrected chi connectivity index (χ2v) is 2.77. The minimum Gasteiger partial charge on any atom is -0.0988 e. The van der Waals surface area contributed by atoms with Gasteiger partial charge in [0.25, 0.3) is 0 Å². The molecule has 0 aliphatic heterocycles. The maximum Gasteiger partial charge on any atom is -0.0205 e. The largest absolute Gasteiger partial charge is 0.0988 e. The van der Waals surface area contributed by atoms with Crippen molar-refractivity contribution in [1.82, 2.24) is 0 Å². The average molecular weight is 162 g/mol. The predicted molar refractivity (Wildman–Crippen MR) is 57.1 cm³/mol. The SMILES string of the molecule is C=C/C(C)=C(\C=C/C)C(/C)=C\C. The molecule has 0 aromatic carbocycles. The Kier molecular flexibility index (Phi) is 5.11. The molecule has 0 aliphatic rings. The minimum atomic E-state index is 1.23. The number of hydrogen-bond acceptors (Lipinski definition) is 0. The normalized spacial score (nSPS) is 14.8. The lowest BCUT2D eigenvalue weighted by Crippen LogP contribution is -1.84. The van der Waals surface area contributed by atoms with E-state index < -0.39 is 0 Å². The van der Waals surface area contributed by atoms with Gasteiger partial charge in [0, 0.05) is 0 Å². The molecular formula is C12H18. The van der Waals surface area contributed by atoms with Crippen molar-refractivity contribution in [2.24, 2.45) is 0 Å². The molecule has 0 aromatic heterocycles. The molecule has 0 spiro atoms. The molecule has 0 saturated heterocycles. The lowest BCUT2D eigenvalue weighted by molar-refractivity contribution is 1.33. The summed E-state index contributed by atoms with van der Waals surface area (Å²) in [4.78, 5) is 0. The van der Waals surface area contributed by atoms with Crippen LogP contribution in [-0.4, -0.2) is 0 Å². The van der Waals surface area contributed by atoms with Gasteiger partial charge in [-0.1, -0.05) is 30.9 Å². The molecule has 0 nitrogen and oxygen atoms in total. The second kappa shape index (κ2) is 5.59. The fraction of sp³-hybridized carbons (Fsp3) is 0.333. The van der Waals surface area contributed by atoms with Crippen LogP contribution in [0.1, 0.15) is 27.7 Å². The van der Waals surface area contributed by atoms with Crippen LogP contribution in [-0.2, 0) is 0 Å². The van der Waals surface area contributed by atoms with Gasteiger partial charge in [0.15, 0.2) is 0 Å². The van der Waals surface area contributed by atoms with Crippen LogP contribution in [0.3, 0.4) is 0 Å². The lowest BCUT2D eigenvalue weighted by Gasteiger charge is -2.04. The van der Waals surface area contributed by atoms with Crippen molar-refractivity contribution in [1.29, 1.82) is 0 Å². The molecular weight excluding hydrogens is 144 g/mol. The number of rotatable bonds is 3. The van der Waals surface area contributed by atoms with E-state index in [1.165, 1.54) is 16.7 Å². The molecule has 0 fully saturated rings. The van der Waals surface area contributed by atoms with Gasteiger partial charge in [-0.3, -0.25) is 0 Å². The monoisotopic (exact) mass is 162 g/mol. The summed E-state index contributed by atoms with van der Waals surface area (Å²) in [6.07, 6.45) is 8.17. The smallest absolute Gasteiger partial charge is 0.0205 e. The van der Waals surface area contributed by atoms with E-state index in [4.69, 9.17) is 0 Å². The standard InChI is InChI=1S/C12H18/c1-6-9-12(10(4)7-2)11(5)8-3/h6-9H,2H2,1,3-5H3/b9-6-,11-8-,12-10+. The maximum absolute atomic E-state index is 3.76. The van der Waals surface area contributed by atoms with E-state index >= 15 is 0 Å². The first-order chi connectivity index (χ1) is 5.67. The van der Waals surface area contributed by atoms with E-state index in [1.54, 1.807) is 0 Å². The van der Waals surface area contributed by atoms with Crippen LogP contribution in [0.25, 0.3) is 0 Å². The molecule has 0 amide bonds. The molecule has 0 atom stereocenters. The highest BCUT2D eigenvalue weighted by Crippen LogP contribution is 2.16. The highest BCUT2D eigenvalue weighted by molar-refractivity contribution is 5.44. The molecule has 0 N–H and O–H groups in total. The third-order valence-corrected chi connectivity index (χ3v) is 1.92. The van der Waals surface area contributed by atoms with E-state index in [9.17, 15) is 0 Å². The van der Waals surface area contributed by atoms with Crippen molar-refractivity contribution in [3.63, 3.8) is 0 Å². The molecule has 0 bridgehead atoms. The zero-order chi connectivity index (χ0) is 9.56. The van der Waals surface area contributed by atoms with Gasteiger partial charge in [0.05, 0.1) is 0 Å². The van der Waals surface area contributed by atoms with Gasteiger partial charge < -0.3 is 0 Å². The first-order valence-corrected chi connectivity index (χ1v) is 4.26. The summed E-state index contributed by atoms with van der Waals surface area (Å²) in [7, 11) is 0. The Morgan fingerprint density at radius 2 is 1.75 bits per heavy atom. The summed E-state index contributed by atoms with van der Waals surface area (Å²) in [5.74, 6) is 0. The number of allylic oxidation sites excluding steroid dienone is 7. The molecule has 0 radical (unpaired) electrons. The fourth-order valence-electron chi connectivity index (χ4n) is 1.01. The van der Waals surface area contributed by atoms with Gasteiger partial charge in [-0.25, -0.2) is 0 Å². The van der Waals surface area contributed by atoms with Gasteiger partial charge in [-0.2, -0.15) is 0 Å². The van der Waals surface area contributed by atoms with Crippen molar-refractivity contribution < 1.29 is 0 Å². The van der Waals surface area contributed by atoms with Gasteiger partial charge in [-0.05, 0) is 44.4 Å². The zero-order valence-corrected chi connectivity index (χ0v) is 8.52. The quantitative estimate of drug-likeness (QED) is 0.549. The second-order valence-electron chi connectivity index (χ2n) is 2.77. The molecule has 0 unspecified atom stereocenters. The summed E-state index contributed by atoms with van der Waals surface area (Å²) in [5.41, 5.74) is 3.80. The van der Waals surface area contributed by atoms with Gasteiger partial charge in [0.1, 0.15) is 0 Å². The van der Waals surface area contributed by atoms with Gasteiger partial charge >= 0.3 is 0 Å².